The van der Waals surface area contributed by atoms with Crippen molar-refractivity contribution in [3.8, 4) is 0 Å². The maximum atomic E-state index is 11.0. The molecular weight excluding hydrogens is 216 g/mol. The van der Waals surface area contributed by atoms with Gasteiger partial charge in [0.15, 0.2) is 0 Å². The van der Waals surface area contributed by atoms with E-state index in [1.807, 2.05) is 0 Å². The summed E-state index contributed by atoms with van der Waals surface area (Å²) < 4.78 is 11.0. The third kappa shape index (κ3) is 2.01. The van der Waals surface area contributed by atoms with Gasteiger partial charge in [-0.3, -0.25) is 4.79 Å². The Bertz CT molecular complexity index is 347. The van der Waals surface area contributed by atoms with Crippen LogP contribution in [0.4, 0.5) is 0 Å². The van der Waals surface area contributed by atoms with Crippen molar-refractivity contribution < 1.29 is 14.3 Å². The van der Waals surface area contributed by atoms with E-state index in [2.05, 4.69) is 26.8 Å². The summed E-state index contributed by atoms with van der Waals surface area (Å²) in [5, 5.41) is 0. The third-order valence-corrected chi connectivity index (χ3v) is 4.73. The van der Waals surface area contributed by atoms with Gasteiger partial charge in [-0.15, -0.1) is 0 Å². The fourth-order valence-corrected chi connectivity index (χ4v) is 3.35. The van der Waals surface area contributed by atoms with Gasteiger partial charge in [0.25, 0.3) is 0 Å². The highest BCUT2D eigenvalue weighted by Crippen LogP contribution is 2.50. The molecule has 1 heterocycles. The number of fused-ring (bicyclic) bond motifs is 2. The molecule has 0 saturated carbocycles. The molecule has 3 nitrogen and oxygen atoms in total. The molecular formula is C14H22O3. The first-order valence-corrected chi connectivity index (χ1v) is 6.37. The Hall–Kier alpha value is -0.830. The molecule has 1 aliphatic carbocycles. The van der Waals surface area contributed by atoms with Crippen molar-refractivity contribution in [1.29, 1.82) is 0 Å². The number of rotatable bonds is 2. The van der Waals surface area contributed by atoms with Gasteiger partial charge in [-0.25, -0.2) is 0 Å². The van der Waals surface area contributed by atoms with Crippen LogP contribution in [-0.4, -0.2) is 25.8 Å². The largest absolute Gasteiger partial charge is 0.465 e. The lowest BCUT2D eigenvalue weighted by Gasteiger charge is -2.52. The van der Waals surface area contributed by atoms with Crippen molar-refractivity contribution in [2.24, 2.45) is 23.2 Å². The number of carbonyl (C=O) groups excluding carboxylic acids is 1. The summed E-state index contributed by atoms with van der Waals surface area (Å²) in [6.07, 6.45) is 2.33. The Morgan fingerprint density at radius 1 is 1.59 bits per heavy atom. The highest BCUT2D eigenvalue weighted by Gasteiger charge is 2.50. The second kappa shape index (κ2) is 4.45. The lowest BCUT2D eigenvalue weighted by molar-refractivity contribution is -0.162. The van der Waals surface area contributed by atoms with Crippen LogP contribution in [0.3, 0.4) is 0 Å². The van der Waals surface area contributed by atoms with Gasteiger partial charge in [0.05, 0.1) is 19.8 Å². The highest BCUT2D eigenvalue weighted by atomic mass is 16.5. The van der Waals surface area contributed by atoms with Gasteiger partial charge in [-0.05, 0) is 18.8 Å². The van der Waals surface area contributed by atoms with Gasteiger partial charge >= 0.3 is 5.97 Å². The van der Waals surface area contributed by atoms with Crippen LogP contribution in [0.25, 0.3) is 0 Å². The number of carbonyl (C=O) groups is 1. The molecule has 17 heavy (non-hydrogen) atoms. The van der Waals surface area contributed by atoms with E-state index in [0.29, 0.717) is 31.0 Å². The molecule has 4 atom stereocenters. The lowest BCUT2D eigenvalue weighted by Crippen LogP contribution is -2.53. The summed E-state index contributed by atoms with van der Waals surface area (Å²) in [6, 6.07) is 0. The molecule has 2 rings (SSSR count). The Morgan fingerprint density at radius 3 is 2.94 bits per heavy atom. The van der Waals surface area contributed by atoms with Gasteiger partial charge < -0.3 is 9.47 Å². The van der Waals surface area contributed by atoms with Gasteiger partial charge in [0, 0.05) is 18.3 Å². The molecule has 2 bridgehead atoms. The van der Waals surface area contributed by atoms with E-state index in [0.717, 1.165) is 6.61 Å². The average Bonchev–Trinajstić information content (AvgIpc) is 2.25. The second-order valence-electron chi connectivity index (χ2n) is 5.62. The molecule has 0 aromatic rings. The number of esters is 1. The molecule has 1 fully saturated rings. The van der Waals surface area contributed by atoms with Crippen LogP contribution < -0.4 is 0 Å². The van der Waals surface area contributed by atoms with E-state index >= 15 is 0 Å². The third-order valence-electron chi connectivity index (χ3n) is 4.73. The minimum absolute atomic E-state index is 0.0336. The number of hydrogen-bond acceptors (Lipinski definition) is 3. The Kier molecular flexibility index (Phi) is 3.30. The van der Waals surface area contributed by atoms with Gasteiger partial charge in [-0.2, -0.15) is 0 Å². The molecule has 0 aromatic carbocycles. The summed E-state index contributed by atoms with van der Waals surface area (Å²) in [4.78, 5) is 11.0. The highest BCUT2D eigenvalue weighted by molar-refractivity contribution is 5.65. The first-order valence-electron chi connectivity index (χ1n) is 6.37. The van der Waals surface area contributed by atoms with E-state index in [1.165, 1.54) is 12.5 Å². The van der Waals surface area contributed by atoms with Crippen molar-refractivity contribution in [3.63, 3.8) is 0 Å². The van der Waals surface area contributed by atoms with E-state index in [9.17, 15) is 4.79 Å². The summed E-state index contributed by atoms with van der Waals surface area (Å²) in [5.41, 5.74) is 1.39. The maximum Gasteiger partial charge on any atom is 0.302 e. The second-order valence-corrected chi connectivity index (χ2v) is 5.62. The number of hydrogen-bond donors (Lipinski definition) is 0. The van der Waals surface area contributed by atoms with Crippen molar-refractivity contribution in [3.05, 3.63) is 11.6 Å². The molecule has 1 saturated heterocycles. The SMILES string of the molecule is CC(=O)OC[C@@]12COC[C@@H](C(C)=C[C@H]1C)[C@@H]2C. The molecule has 1 aliphatic heterocycles. The van der Waals surface area contributed by atoms with Crippen molar-refractivity contribution in [2.45, 2.75) is 27.7 Å². The molecule has 0 amide bonds. The van der Waals surface area contributed by atoms with Crippen LogP contribution in [-0.2, 0) is 14.3 Å². The Balaban J connectivity index is 2.26. The topological polar surface area (TPSA) is 35.5 Å². The monoisotopic (exact) mass is 238 g/mol. The molecule has 3 heteroatoms. The van der Waals surface area contributed by atoms with Gasteiger partial charge in [0.1, 0.15) is 0 Å². The maximum absolute atomic E-state index is 11.0. The van der Waals surface area contributed by atoms with E-state index < -0.39 is 0 Å². The minimum Gasteiger partial charge on any atom is -0.465 e. The molecule has 2 aliphatic rings. The average molecular weight is 238 g/mol. The smallest absolute Gasteiger partial charge is 0.302 e. The predicted octanol–water partition coefficient (Wildman–Crippen LogP) is 2.41. The fourth-order valence-electron chi connectivity index (χ4n) is 3.35. The summed E-state index contributed by atoms with van der Waals surface area (Å²) >= 11 is 0. The standard InChI is InChI=1S/C14H22O3/c1-9-5-10(2)14(8-17-12(4)15)7-16-6-13(9)11(14)3/h5,10-11,13H,6-8H2,1-4H3/t10-,11+,13+,14+/m1/s1. The molecule has 0 aromatic heterocycles. The summed E-state index contributed by atoms with van der Waals surface area (Å²) in [5.74, 6) is 1.19. The van der Waals surface area contributed by atoms with Crippen molar-refractivity contribution >= 4 is 5.97 Å². The predicted molar refractivity (Wildman–Crippen MR) is 65.5 cm³/mol. The zero-order valence-electron chi connectivity index (χ0n) is 11.2. The number of allylic oxidation sites excluding steroid dienone is 1. The van der Waals surface area contributed by atoms with E-state index in [4.69, 9.17) is 9.47 Å². The zero-order valence-corrected chi connectivity index (χ0v) is 11.2. The van der Waals surface area contributed by atoms with Gasteiger partial charge in [-0.1, -0.05) is 25.5 Å². The molecule has 96 valence electrons. The normalized spacial score (nSPS) is 40.7. The lowest BCUT2D eigenvalue weighted by atomic mass is 9.58. The zero-order chi connectivity index (χ0) is 12.6. The quantitative estimate of drug-likeness (QED) is 0.547. The first kappa shape index (κ1) is 12.6. The Labute approximate surface area is 103 Å². The van der Waals surface area contributed by atoms with Crippen LogP contribution in [0.5, 0.6) is 0 Å². The van der Waals surface area contributed by atoms with E-state index in [1.54, 1.807) is 0 Å². The first-order chi connectivity index (χ1) is 7.97. The van der Waals surface area contributed by atoms with Crippen LogP contribution in [0.15, 0.2) is 11.6 Å². The molecule has 0 radical (unpaired) electrons. The van der Waals surface area contributed by atoms with Crippen LogP contribution in [0, 0.1) is 23.2 Å². The molecule has 0 spiro atoms. The van der Waals surface area contributed by atoms with Crippen LogP contribution in [0.1, 0.15) is 27.7 Å². The van der Waals surface area contributed by atoms with Crippen LogP contribution >= 0.6 is 0 Å². The summed E-state index contributed by atoms with van der Waals surface area (Å²) in [7, 11) is 0. The summed E-state index contributed by atoms with van der Waals surface area (Å²) in [6.45, 7) is 10.1. The van der Waals surface area contributed by atoms with Crippen molar-refractivity contribution in [1.82, 2.24) is 0 Å². The minimum atomic E-state index is -0.202. The molecule has 0 unspecified atom stereocenters. The number of ether oxygens (including phenoxy) is 2. The molecule has 0 N–H and O–H groups in total. The van der Waals surface area contributed by atoms with Crippen molar-refractivity contribution in [2.75, 3.05) is 19.8 Å². The van der Waals surface area contributed by atoms with Gasteiger partial charge in [0.2, 0.25) is 0 Å². The van der Waals surface area contributed by atoms with Crippen LogP contribution in [0.2, 0.25) is 0 Å². The van der Waals surface area contributed by atoms with E-state index in [-0.39, 0.29) is 11.4 Å². The fraction of sp³-hybridized carbons (Fsp3) is 0.786. The Morgan fingerprint density at radius 2 is 2.29 bits per heavy atom.